The van der Waals surface area contributed by atoms with Crippen LogP contribution in [0, 0.1) is 10.1 Å². The Balaban J connectivity index is 2.88. The monoisotopic (exact) mass is 310 g/mol. The van der Waals surface area contributed by atoms with Crippen molar-refractivity contribution in [3.8, 4) is 0 Å². The van der Waals surface area contributed by atoms with Gasteiger partial charge in [-0.3, -0.25) is 14.9 Å². The molecule has 0 saturated carbocycles. The van der Waals surface area contributed by atoms with Crippen molar-refractivity contribution >= 4 is 17.6 Å². The Morgan fingerprint density at radius 1 is 1.36 bits per heavy atom. The van der Waals surface area contributed by atoms with E-state index in [0.29, 0.717) is 12.2 Å². The van der Waals surface area contributed by atoms with Gasteiger partial charge in [-0.15, -0.1) is 0 Å². The number of esters is 1. The van der Waals surface area contributed by atoms with Crippen LogP contribution in [0.5, 0.6) is 0 Å². The number of nitro benzene ring substituents is 1. The minimum absolute atomic E-state index is 0.0400. The van der Waals surface area contributed by atoms with E-state index < -0.39 is 22.8 Å². The molecule has 1 amide bonds. The van der Waals surface area contributed by atoms with Crippen molar-refractivity contribution in [3.63, 3.8) is 0 Å². The summed E-state index contributed by atoms with van der Waals surface area (Å²) in [6.07, 6.45) is -0.0400. The van der Waals surface area contributed by atoms with Crippen molar-refractivity contribution in [2.24, 2.45) is 0 Å². The van der Waals surface area contributed by atoms with Crippen LogP contribution in [0.15, 0.2) is 24.3 Å². The van der Waals surface area contributed by atoms with Crippen LogP contribution in [0.4, 0.5) is 5.69 Å². The highest BCUT2D eigenvalue weighted by Crippen LogP contribution is 2.19. The summed E-state index contributed by atoms with van der Waals surface area (Å²) in [6.45, 7) is 1.90. The van der Waals surface area contributed by atoms with Crippen molar-refractivity contribution < 1.29 is 24.0 Å². The molecule has 0 aliphatic carbocycles. The van der Waals surface area contributed by atoms with Gasteiger partial charge in [0, 0.05) is 24.7 Å². The number of carbonyl (C=O) groups excluding carboxylic acids is 2. The highest BCUT2D eigenvalue weighted by atomic mass is 16.6. The Hall–Kier alpha value is -2.48. The quantitative estimate of drug-likeness (QED) is 0.433. The lowest BCUT2D eigenvalue weighted by Crippen LogP contribution is -2.44. The zero-order chi connectivity index (χ0) is 16.5. The van der Waals surface area contributed by atoms with Crippen LogP contribution in [0.2, 0.25) is 0 Å². The van der Waals surface area contributed by atoms with Crippen LogP contribution < -0.4 is 5.32 Å². The van der Waals surface area contributed by atoms with Gasteiger partial charge < -0.3 is 14.8 Å². The second-order valence-electron chi connectivity index (χ2n) is 4.37. The van der Waals surface area contributed by atoms with Gasteiger partial charge in [0.15, 0.2) is 0 Å². The summed E-state index contributed by atoms with van der Waals surface area (Å²) >= 11 is 0. The van der Waals surface area contributed by atoms with E-state index >= 15 is 0 Å². The van der Waals surface area contributed by atoms with Crippen molar-refractivity contribution in [1.82, 2.24) is 5.32 Å². The molecule has 120 valence electrons. The van der Waals surface area contributed by atoms with Gasteiger partial charge in [-0.25, -0.2) is 4.79 Å². The van der Waals surface area contributed by atoms with Gasteiger partial charge in [0.2, 0.25) is 5.91 Å². The van der Waals surface area contributed by atoms with Gasteiger partial charge in [-0.05, 0) is 6.92 Å². The lowest BCUT2D eigenvalue weighted by atomic mass is 10.0. The second-order valence-corrected chi connectivity index (χ2v) is 4.37. The second kappa shape index (κ2) is 8.73. The largest absolute Gasteiger partial charge is 0.467 e. The number of methoxy groups -OCH3 is 1. The first kappa shape index (κ1) is 17.6. The number of para-hydroxylation sites is 1. The highest BCUT2D eigenvalue weighted by Gasteiger charge is 2.25. The highest BCUT2D eigenvalue weighted by molar-refractivity contribution is 5.85. The molecule has 0 heterocycles. The van der Waals surface area contributed by atoms with E-state index in [1.165, 1.54) is 25.3 Å². The Labute approximate surface area is 127 Å². The number of rotatable bonds is 8. The van der Waals surface area contributed by atoms with E-state index in [1.807, 2.05) is 0 Å². The van der Waals surface area contributed by atoms with E-state index in [4.69, 9.17) is 4.74 Å². The number of nitrogens with zero attached hydrogens (tertiary/aromatic N) is 1. The molecule has 0 bridgehead atoms. The topological polar surface area (TPSA) is 108 Å². The van der Waals surface area contributed by atoms with Gasteiger partial charge in [-0.1, -0.05) is 18.2 Å². The molecule has 0 spiro atoms. The number of nitrogens with one attached hydrogen (secondary N) is 1. The Morgan fingerprint density at radius 3 is 2.64 bits per heavy atom. The average Bonchev–Trinajstić information content (AvgIpc) is 2.51. The first-order valence-electron chi connectivity index (χ1n) is 6.66. The van der Waals surface area contributed by atoms with Gasteiger partial charge in [0.1, 0.15) is 12.6 Å². The number of carbonyl (C=O) groups is 2. The standard InChI is InChI=1S/C14H18N2O6/c1-3-22-9-13(17)15-11(14(18)21-2)8-10-6-4-5-7-12(10)16(19)20/h4-7,11H,3,8-9H2,1-2H3,(H,15,17)/t11-/m0/s1. The summed E-state index contributed by atoms with van der Waals surface area (Å²) in [7, 11) is 1.18. The molecule has 0 saturated heterocycles. The normalized spacial score (nSPS) is 11.5. The van der Waals surface area contributed by atoms with Crippen LogP contribution >= 0.6 is 0 Å². The number of benzene rings is 1. The summed E-state index contributed by atoms with van der Waals surface area (Å²) < 4.78 is 9.58. The fraction of sp³-hybridized carbons (Fsp3) is 0.429. The van der Waals surface area contributed by atoms with Crippen LogP contribution in [0.3, 0.4) is 0 Å². The first-order valence-corrected chi connectivity index (χ1v) is 6.66. The van der Waals surface area contributed by atoms with Crippen molar-refractivity contribution in [1.29, 1.82) is 0 Å². The van der Waals surface area contributed by atoms with Crippen molar-refractivity contribution in [2.45, 2.75) is 19.4 Å². The molecule has 8 nitrogen and oxygen atoms in total. The van der Waals surface area contributed by atoms with Crippen LogP contribution in [-0.4, -0.2) is 43.2 Å². The molecule has 1 rings (SSSR count). The summed E-state index contributed by atoms with van der Waals surface area (Å²) in [5.74, 6) is -1.17. The minimum atomic E-state index is -1.01. The van der Waals surface area contributed by atoms with E-state index in [0.717, 1.165) is 0 Å². The first-order chi connectivity index (χ1) is 10.5. The number of ether oxygens (including phenoxy) is 2. The molecular formula is C14H18N2O6. The maximum atomic E-state index is 11.8. The Kier molecular flexibility index (Phi) is 6.97. The van der Waals surface area contributed by atoms with Crippen molar-refractivity contribution in [2.75, 3.05) is 20.3 Å². The van der Waals surface area contributed by atoms with Crippen molar-refractivity contribution in [3.05, 3.63) is 39.9 Å². The Bertz CT molecular complexity index is 546. The molecule has 0 aromatic heterocycles. The zero-order valence-corrected chi connectivity index (χ0v) is 12.4. The number of amides is 1. The molecule has 1 atom stereocenters. The molecule has 22 heavy (non-hydrogen) atoms. The Morgan fingerprint density at radius 2 is 2.05 bits per heavy atom. The third kappa shape index (κ3) is 5.13. The number of nitro groups is 1. The molecular weight excluding hydrogens is 292 g/mol. The lowest BCUT2D eigenvalue weighted by Gasteiger charge is -2.16. The summed E-state index contributed by atoms with van der Waals surface area (Å²) in [6, 6.07) is 5.01. The lowest BCUT2D eigenvalue weighted by molar-refractivity contribution is -0.385. The smallest absolute Gasteiger partial charge is 0.328 e. The summed E-state index contributed by atoms with van der Waals surface area (Å²) in [4.78, 5) is 33.9. The molecule has 1 aromatic rings. The van der Waals surface area contributed by atoms with E-state index in [9.17, 15) is 19.7 Å². The van der Waals surface area contributed by atoms with E-state index in [-0.39, 0.29) is 18.7 Å². The third-order valence-electron chi connectivity index (χ3n) is 2.87. The zero-order valence-electron chi connectivity index (χ0n) is 12.4. The molecule has 0 fully saturated rings. The van der Waals surface area contributed by atoms with Crippen LogP contribution in [0.25, 0.3) is 0 Å². The average molecular weight is 310 g/mol. The molecule has 1 aromatic carbocycles. The minimum Gasteiger partial charge on any atom is -0.467 e. The molecule has 0 unspecified atom stereocenters. The maximum Gasteiger partial charge on any atom is 0.328 e. The van der Waals surface area contributed by atoms with E-state index in [2.05, 4.69) is 10.1 Å². The molecule has 1 N–H and O–H groups in total. The summed E-state index contributed by atoms with van der Waals surface area (Å²) in [5, 5.41) is 13.4. The predicted molar refractivity (Wildman–Crippen MR) is 77.2 cm³/mol. The molecule has 0 aliphatic heterocycles. The molecule has 0 radical (unpaired) electrons. The molecule has 0 aliphatic rings. The van der Waals surface area contributed by atoms with Crippen LogP contribution in [0.1, 0.15) is 12.5 Å². The van der Waals surface area contributed by atoms with E-state index in [1.54, 1.807) is 13.0 Å². The van der Waals surface area contributed by atoms with Gasteiger partial charge in [-0.2, -0.15) is 0 Å². The summed E-state index contributed by atoms with van der Waals surface area (Å²) in [5.41, 5.74) is 0.218. The number of hydrogen-bond acceptors (Lipinski definition) is 6. The maximum absolute atomic E-state index is 11.8. The SMILES string of the molecule is CCOCC(=O)N[C@@H](Cc1ccccc1[N+](=O)[O-])C(=O)OC. The fourth-order valence-electron chi connectivity index (χ4n) is 1.85. The van der Waals surface area contributed by atoms with Gasteiger partial charge in [0.25, 0.3) is 5.69 Å². The van der Waals surface area contributed by atoms with Gasteiger partial charge >= 0.3 is 5.97 Å². The number of hydrogen-bond donors (Lipinski definition) is 1. The molecule has 8 heteroatoms. The third-order valence-corrected chi connectivity index (χ3v) is 2.87. The predicted octanol–water partition coefficient (Wildman–Crippen LogP) is 0.832. The van der Waals surface area contributed by atoms with Crippen LogP contribution in [-0.2, 0) is 25.5 Å². The van der Waals surface area contributed by atoms with Gasteiger partial charge in [0.05, 0.1) is 12.0 Å². The fourth-order valence-corrected chi connectivity index (χ4v) is 1.85.